The van der Waals surface area contributed by atoms with Gasteiger partial charge in [0.1, 0.15) is 17.2 Å². The molecule has 3 rings (SSSR count). The van der Waals surface area contributed by atoms with Crippen molar-refractivity contribution < 1.29 is 14.3 Å². The van der Waals surface area contributed by atoms with Gasteiger partial charge in [-0.15, -0.1) is 0 Å². The molecular formula is C20H21N3O3. The molecule has 0 aliphatic rings. The first-order chi connectivity index (χ1) is 12.5. The molecule has 0 saturated heterocycles. The minimum absolute atomic E-state index is 0.242. The lowest BCUT2D eigenvalue weighted by Gasteiger charge is -2.10. The number of amides is 1. The zero-order valence-electron chi connectivity index (χ0n) is 15.2. The summed E-state index contributed by atoms with van der Waals surface area (Å²) in [5, 5.41) is 9.99. The molecule has 0 atom stereocenters. The van der Waals surface area contributed by atoms with Crippen LogP contribution in [0.25, 0.3) is 11.3 Å². The molecule has 6 heteroatoms. The molecule has 2 aromatic carbocycles. The lowest BCUT2D eigenvalue weighted by molar-refractivity contribution is 0.102. The molecule has 0 spiro atoms. The first-order valence-corrected chi connectivity index (χ1v) is 8.19. The number of aromatic amines is 1. The highest BCUT2D eigenvalue weighted by molar-refractivity contribution is 6.04. The second kappa shape index (κ2) is 7.31. The Morgan fingerprint density at radius 1 is 1.04 bits per heavy atom. The van der Waals surface area contributed by atoms with Gasteiger partial charge < -0.3 is 14.8 Å². The van der Waals surface area contributed by atoms with E-state index in [0.29, 0.717) is 22.9 Å². The van der Waals surface area contributed by atoms with Gasteiger partial charge in [-0.05, 0) is 43.2 Å². The van der Waals surface area contributed by atoms with Crippen molar-refractivity contribution in [3.63, 3.8) is 0 Å². The highest BCUT2D eigenvalue weighted by Gasteiger charge is 2.16. The summed E-state index contributed by atoms with van der Waals surface area (Å²) in [6, 6.07) is 13.0. The monoisotopic (exact) mass is 351 g/mol. The molecule has 0 aliphatic heterocycles. The van der Waals surface area contributed by atoms with Crippen LogP contribution in [0.4, 0.5) is 5.69 Å². The number of benzene rings is 2. The summed E-state index contributed by atoms with van der Waals surface area (Å²) in [6.07, 6.45) is 0. The summed E-state index contributed by atoms with van der Waals surface area (Å²) in [5.74, 6) is 1.07. The summed E-state index contributed by atoms with van der Waals surface area (Å²) >= 11 is 0. The van der Waals surface area contributed by atoms with Crippen molar-refractivity contribution >= 4 is 11.6 Å². The smallest absolute Gasteiger partial charge is 0.273 e. The third-order valence-corrected chi connectivity index (χ3v) is 4.23. The van der Waals surface area contributed by atoms with Gasteiger partial charge in [0.25, 0.3) is 5.91 Å². The number of hydrogen-bond acceptors (Lipinski definition) is 4. The number of rotatable bonds is 5. The molecule has 0 unspecified atom stereocenters. The number of anilines is 1. The number of carbonyl (C=O) groups excluding carboxylic acids is 1. The number of aryl methyl sites for hydroxylation is 2. The Bertz CT molecular complexity index is 927. The summed E-state index contributed by atoms with van der Waals surface area (Å²) < 4.78 is 10.6. The van der Waals surface area contributed by atoms with E-state index in [1.165, 1.54) is 0 Å². The first-order valence-electron chi connectivity index (χ1n) is 8.19. The number of nitrogens with zero attached hydrogens (tertiary/aromatic N) is 1. The van der Waals surface area contributed by atoms with E-state index in [1.807, 2.05) is 44.2 Å². The second-order valence-corrected chi connectivity index (χ2v) is 5.95. The van der Waals surface area contributed by atoms with Crippen LogP contribution in [0.1, 0.15) is 21.6 Å². The molecule has 1 heterocycles. The van der Waals surface area contributed by atoms with Crippen LogP contribution in [0.5, 0.6) is 11.5 Å². The molecule has 1 amide bonds. The van der Waals surface area contributed by atoms with E-state index in [-0.39, 0.29) is 5.91 Å². The zero-order chi connectivity index (χ0) is 18.7. The number of H-pyrrole nitrogens is 1. The number of methoxy groups -OCH3 is 2. The first kappa shape index (κ1) is 17.5. The predicted molar refractivity (Wildman–Crippen MR) is 101 cm³/mol. The van der Waals surface area contributed by atoms with Crippen molar-refractivity contribution in [2.24, 2.45) is 0 Å². The fourth-order valence-corrected chi connectivity index (χ4v) is 2.78. The normalized spacial score (nSPS) is 10.5. The fourth-order valence-electron chi connectivity index (χ4n) is 2.78. The molecule has 3 aromatic rings. The third-order valence-electron chi connectivity index (χ3n) is 4.23. The van der Waals surface area contributed by atoms with Gasteiger partial charge in [0, 0.05) is 17.3 Å². The van der Waals surface area contributed by atoms with Crippen molar-refractivity contribution in [3.05, 3.63) is 59.3 Å². The van der Waals surface area contributed by atoms with E-state index in [4.69, 9.17) is 9.47 Å². The summed E-state index contributed by atoms with van der Waals surface area (Å²) in [6.45, 7) is 3.92. The van der Waals surface area contributed by atoms with E-state index in [9.17, 15) is 4.79 Å². The van der Waals surface area contributed by atoms with Gasteiger partial charge in [0.2, 0.25) is 0 Å². The number of hydrogen-bond donors (Lipinski definition) is 2. The summed E-state index contributed by atoms with van der Waals surface area (Å²) in [4.78, 5) is 12.6. The highest BCUT2D eigenvalue weighted by atomic mass is 16.5. The Morgan fingerprint density at radius 2 is 1.77 bits per heavy atom. The molecule has 0 radical (unpaired) electrons. The number of ether oxygens (including phenoxy) is 2. The van der Waals surface area contributed by atoms with E-state index < -0.39 is 0 Å². The maximum Gasteiger partial charge on any atom is 0.273 e. The van der Waals surface area contributed by atoms with E-state index >= 15 is 0 Å². The SMILES string of the molecule is COc1ccc(-c2cc(C(=O)Nc3c(C)cccc3C)[nH]n2)c(OC)c1. The molecular weight excluding hydrogens is 330 g/mol. The standard InChI is InChI=1S/C20H21N3O3/c1-12-6-5-7-13(2)19(12)21-20(24)17-11-16(22-23-17)15-9-8-14(25-3)10-18(15)26-4/h5-11H,1-4H3,(H,21,24)(H,22,23). The minimum Gasteiger partial charge on any atom is -0.497 e. The molecule has 0 fully saturated rings. The summed E-state index contributed by atoms with van der Waals surface area (Å²) in [5.41, 5.74) is 4.60. The number of aromatic nitrogens is 2. The molecule has 0 bridgehead atoms. The molecule has 2 N–H and O–H groups in total. The van der Waals surface area contributed by atoms with Crippen LogP contribution >= 0.6 is 0 Å². The van der Waals surface area contributed by atoms with Crippen LogP contribution in [0.15, 0.2) is 42.5 Å². The quantitative estimate of drug-likeness (QED) is 0.729. The molecule has 26 heavy (non-hydrogen) atoms. The second-order valence-electron chi connectivity index (χ2n) is 5.95. The average Bonchev–Trinajstić information content (AvgIpc) is 3.14. The van der Waals surface area contributed by atoms with Crippen molar-refractivity contribution in [3.8, 4) is 22.8 Å². The predicted octanol–water partition coefficient (Wildman–Crippen LogP) is 3.96. The Labute approximate surface area is 152 Å². The van der Waals surface area contributed by atoms with Gasteiger partial charge in [-0.3, -0.25) is 9.89 Å². The van der Waals surface area contributed by atoms with Crippen molar-refractivity contribution in [2.75, 3.05) is 19.5 Å². The molecule has 0 aliphatic carbocycles. The lowest BCUT2D eigenvalue weighted by atomic mass is 10.1. The maximum absolute atomic E-state index is 12.6. The zero-order valence-corrected chi connectivity index (χ0v) is 15.2. The van der Waals surface area contributed by atoms with Gasteiger partial charge in [-0.1, -0.05) is 18.2 Å². The Balaban J connectivity index is 1.87. The van der Waals surface area contributed by atoms with Gasteiger partial charge in [0.05, 0.1) is 19.9 Å². The maximum atomic E-state index is 12.6. The number of carbonyl (C=O) groups is 1. The Hall–Kier alpha value is -3.28. The van der Waals surface area contributed by atoms with Crippen LogP contribution in [-0.2, 0) is 0 Å². The van der Waals surface area contributed by atoms with E-state index in [2.05, 4.69) is 15.5 Å². The fraction of sp³-hybridized carbons (Fsp3) is 0.200. The number of para-hydroxylation sites is 1. The molecule has 134 valence electrons. The van der Waals surface area contributed by atoms with Crippen molar-refractivity contribution in [1.82, 2.24) is 10.2 Å². The third kappa shape index (κ3) is 3.39. The van der Waals surface area contributed by atoms with Crippen LogP contribution in [-0.4, -0.2) is 30.3 Å². The van der Waals surface area contributed by atoms with Gasteiger partial charge >= 0.3 is 0 Å². The average molecular weight is 351 g/mol. The van der Waals surface area contributed by atoms with Crippen LogP contribution < -0.4 is 14.8 Å². The Kier molecular flexibility index (Phi) is 4.93. The Morgan fingerprint density at radius 3 is 2.42 bits per heavy atom. The molecule has 6 nitrogen and oxygen atoms in total. The largest absolute Gasteiger partial charge is 0.497 e. The molecule has 0 saturated carbocycles. The van der Waals surface area contributed by atoms with Crippen LogP contribution in [0, 0.1) is 13.8 Å². The van der Waals surface area contributed by atoms with E-state index in [0.717, 1.165) is 22.4 Å². The van der Waals surface area contributed by atoms with Crippen molar-refractivity contribution in [1.29, 1.82) is 0 Å². The lowest BCUT2D eigenvalue weighted by Crippen LogP contribution is -2.14. The van der Waals surface area contributed by atoms with Crippen LogP contribution in [0.3, 0.4) is 0 Å². The highest BCUT2D eigenvalue weighted by Crippen LogP contribution is 2.32. The summed E-state index contributed by atoms with van der Waals surface area (Å²) in [7, 11) is 3.18. The topological polar surface area (TPSA) is 76.2 Å². The minimum atomic E-state index is -0.242. The van der Waals surface area contributed by atoms with Crippen molar-refractivity contribution in [2.45, 2.75) is 13.8 Å². The van der Waals surface area contributed by atoms with E-state index in [1.54, 1.807) is 26.4 Å². The molecule has 1 aromatic heterocycles. The number of nitrogens with one attached hydrogen (secondary N) is 2. The van der Waals surface area contributed by atoms with Gasteiger partial charge in [-0.2, -0.15) is 5.10 Å². The van der Waals surface area contributed by atoms with Gasteiger partial charge in [-0.25, -0.2) is 0 Å². The van der Waals surface area contributed by atoms with Gasteiger partial charge in [0.15, 0.2) is 0 Å². The van der Waals surface area contributed by atoms with Crippen LogP contribution in [0.2, 0.25) is 0 Å².